The van der Waals surface area contributed by atoms with Crippen LogP contribution >= 0.6 is 11.3 Å². The van der Waals surface area contributed by atoms with Gasteiger partial charge in [0.2, 0.25) is 0 Å². The minimum atomic E-state index is 0.950. The van der Waals surface area contributed by atoms with E-state index >= 15 is 0 Å². The molecule has 1 aromatic heterocycles. The first-order valence-corrected chi connectivity index (χ1v) is 8.99. The third-order valence-electron chi connectivity index (χ3n) is 3.39. The number of benzene rings is 1. The van der Waals surface area contributed by atoms with Gasteiger partial charge in [0, 0.05) is 19.8 Å². The molecule has 0 aliphatic carbocycles. The summed E-state index contributed by atoms with van der Waals surface area (Å²) in [5.41, 5.74) is 6.80. The van der Waals surface area contributed by atoms with Crippen LogP contribution in [0.4, 0.5) is 0 Å². The molecule has 0 aliphatic rings. The van der Waals surface area contributed by atoms with Crippen LogP contribution in [-0.4, -0.2) is 0 Å². The molecular weight excluding hydrogens is 298 g/mol. The fourth-order valence-corrected chi connectivity index (χ4v) is 3.68. The van der Waals surface area contributed by atoms with E-state index in [1.807, 2.05) is 43.4 Å². The van der Waals surface area contributed by atoms with E-state index in [0.717, 1.165) is 12.8 Å². The van der Waals surface area contributed by atoms with Crippen molar-refractivity contribution in [3.8, 4) is 0 Å². The third-order valence-corrected chi connectivity index (χ3v) is 4.68. The second-order valence-electron chi connectivity index (χ2n) is 4.72. The molecule has 1 nitrogen and oxygen atoms in total. The van der Waals surface area contributed by atoms with Crippen molar-refractivity contribution in [2.75, 3.05) is 0 Å². The van der Waals surface area contributed by atoms with Crippen LogP contribution in [0.1, 0.15) is 33.6 Å². The van der Waals surface area contributed by atoms with Gasteiger partial charge in [0.05, 0.1) is 0 Å². The van der Waals surface area contributed by atoms with Gasteiger partial charge in [-0.15, -0.1) is 11.3 Å². The molecule has 2 aromatic rings. The molecule has 1 aromatic carbocycles. The topological polar surface area (TPSA) is 26.0 Å². The van der Waals surface area contributed by atoms with Gasteiger partial charge >= 0.3 is 0 Å². The van der Waals surface area contributed by atoms with Crippen molar-refractivity contribution in [1.82, 2.24) is 0 Å². The quantitative estimate of drug-likeness (QED) is 0.780. The van der Waals surface area contributed by atoms with Gasteiger partial charge in [-0.25, -0.2) is 0 Å². The summed E-state index contributed by atoms with van der Waals surface area (Å²) in [5, 5.41) is 2.61. The van der Waals surface area contributed by atoms with E-state index in [4.69, 9.17) is 5.73 Å². The number of rotatable bonds is 5. The summed E-state index contributed by atoms with van der Waals surface area (Å²) in [6, 6.07) is 8.56. The molecule has 2 rings (SSSR count). The van der Waals surface area contributed by atoms with Crippen LogP contribution in [-0.2, 0) is 0 Å². The Morgan fingerprint density at radius 1 is 1.22 bits per heavy atom. The molecule has 23 heavy (non-hydrogen) atoms. The zero-order chi connectivity index (χ0) is 17.1. The van der Waals surface area contributed by atoms with E-state index in [0.29, 0.717) is 0 Å². The zero-order valence-corrected chi connectivity index (χ0v) is 15.2. The van der Waals surface area contributed by atoms with Crippen LogP contribution in [0.15, 0.2) is 61.3 Å². The molecule has 0 spiro atoms. The van der Waals surface area contributed by atoms with Crippen molar-refractivity contribution in [3.63, 3.8) is 0 Å². The van der Waals surface area contributed by atoms with Crippen LogP contribution < -0.4 is 15.5 Å². The highest BCUT2D eigenvalue weighted by Crippen LogP contribution is 2.15. The van der Waals surface area contributed by atoms with Crippen LogP contribution in [0, 0.1) is 0 Å². The number of allylic oxidation sites excluding steroid dienone is 4. The van der Waals surface area contributed by atoms with Gasteiger partial charge in [0.25, 0.3) is 0 Å². The highest BCUT2D eigenvalue weighted by molar-refractivity contribution is 7.17. The van der Waals surface area contributed by atoms with Gasteiger partial charge in [0.1, 0.15) is 0 Å². The second-order valence-corrected chi connectivity index (χ2v) is 5.77. The molecule has 1 heterocycles. The molecule has 0 amide bonds. The monoisotopic (exact) mass is 325 g/mol. The van der Waals surface area contributed by atoms with Crippen LogP contribution in [0.25, 0.3) is 21.7 Å². The van der Waals surface area contributed by atoms with E-state index in [9.17, 15) is 0 Å². The molecule has 0 aliphatic heterocycles. The summed E-state index contributed by atoms with van der Waals surface area (Å²) < 4.78 is 2.71. The normalized spacial score (nSPS) is 13.4. The van der Waals surface area contributed by atoms with Crippen LogP contribution in [0.5, 0.6) is 0 Å². The fourth-order valence-electron chi connectivity index (χ4n) is 2.36. The summed E-state index contributed by atoms with van der Waals surface area (Å²) in [4.78, 5) is 0. The highest BCUT2D eigenvalue weighted by Gasteiger charge is 2.03. The molecule has 0 radical (unpaired) electrons. The number of hydrogen-bond acceptors (Lipinski definition) is 2. The summed E-state index contributed by atoms with van der Waals surface area (Å²) >= 11 is 1.87. The highest BCUT2D eigenvalue weighted by atomic mass is 32.1. The SMILES string of the molecule is C=C/C=c1\c(=C(/CC)C/C=C\C=C/N)sc2ccccc12.CC. The van der Waals surface area contributed by atoms with Gasteiger partial charge in [0.15, 0.2) is 0 Å². The van der Waals surface area contributed by atoms with Crippen molar-refractivity contribution in [3.05, 3.63) is 71.1 Å². The Morgan fingerprint density at radius 3 is 2.61 bits per heavy atom. The molecule has 0 unspecified atom stereocenters. The maximum Gasteiger partial charge on any atom is 0.0355 e. The predicted octanol–water partition coefficient (Wildman–Crippen LogP) is 4.87. The maximum absolute atomic E-state index is 5.35. The summed E-state index contributed by atoms with van der Waals surface area (Å²) in [7, 11) is 0. The van der Waals surface area contributed by atoms with E-state index < -0.39 is 0 Å². The Morgan fingerprint density at radius 2 is 1.96 bits per heavy atom. The fraction of sp³-hybridized carbons (Fsp3) is 0.238. The van der Waals surface area contributed by atoms with Gasteiger partial charge in [-0.3, -0.25) is 0 Å². The molecule has 0 saturated heterocycles. The summed E-state index contributed by atoms with van der Waals surface area (Å²) in [6.07, 6.45) is 13.6. The van der Waals surface area contributed by atoms with E-state index in [-0.39, 0.29) is 0 Å². The van der Waals surface area contributed by atoms with Crippen molar-refractivity contribution in [2.24, 2.45) is 5.73 Å². The minimum Gasteiger partial charge on any atom is -0.405 e. The van der Waals surface area contributed by atoms with E-state index in [2.05, 4.69) is 49.9 Å². The molecular formula is C21H27NS. The van der Waals surface area contributed by atoms with Gasteiger partial charge in [-0.2, -0.15) is 0 Å². The first kappa shape index (κ1) is 19.0. The standard InChI is InChI=1S/C19H21NS.C2H6/c1-3-10-17-16-12-7-8-13-18(16)21-19(17)15(4-2)11-6-5-9-14-20;1-2/h3,5-10,12-14H,1,4,11,20H2,2H3;1-2H3/b6-5-,14-9-,17-10-,19-15-;. The Labute approximate surface area is 143 Å². The molecule has 0 atom stereocenters. The lowest BCUT2D eigenvalue weighted by Gasteiger charge is -1.98. The van der Waals surface area contributed by atoms with E-state index in [1.54, 1.807) is 6.20 Å². The van der Waals surface area contributed by atoms with Crippen molar-refractivity contribution in [2.45, 2.75) is 33.6 Å². The van der Waals surface area contributed by atoms with Gasteiger partial charge in [-0.1, -0.05) is 69.9 Å². The lowest BCUT2D eigenvalue weighted by Crippen LogP contribution is -2.21. The Kier molecular flexibility index (Phi) is 8.78. The summed E-state index contributed by atoms with van der Waals surface area (Å²) in [6.45, 7) is 10.1. The molecule has 2 N–H and O–H groups in total. The molecule has 0 saturated carbocycles. The molecule has 2 heteroatoms. The predicted molar refractivity (Wildman–Crippen MR) is 108 cm³/mol. The van der Waals surface area contributed by atoms with Crippen molar-refractivity contribution < 1.29 is 0 Å². The Hall–Kier alpha value is -2.06. The van der Waals surface area contributed by atoms with Crippen LogP contribution in [0.2, 0.25) is 0 Å². The smallest absolute Gasteiger partial charge is 0.0355 e. The van der Waals surface area contributed by atoms with Crippen molar-refractivity contribution in [1.29, 1.82) is 0 Å². The lowest BCUT2D eigenvalue weighted by atomic mass is 10.1. The maximum atomic E-state index is 5.35. The van der Waals surface area contributed by atoms with E-state index in [1.165, 1.54) is 25.4 Å². The number of nitrogens with two attached hydrogens (primary N) is 1. The van der Waals surface area contributed by atoms with Gasteiger partial charge < -0.3 is 5.73 Å². The average molecular weight is 326 g/mol. The molecule has 0 bridgehead atoms. The first-order valence-electron chi connectivity index (χ1n) is 8.17. The second kappa shape index (κ2) is 10.6. The Bertz CT molecular complexity index is 791. The lowest BCUT2D eigenvalue weighted by molar-refractivity contribution is 1.16. The number of hydrogen-bond donors (Lipinski definition) is 1. The Balaban J connectivity index is 0.00000127. The van der Waals surface area contributed by atoms with Gasteiger partial charge in [-0.05, 0) is 36.8 Å². The zero-order valence-electron chi connectivity index (χ0n) is 14.4. The molecule has 122 valence electrons. The summed E-state index contributed by atoms with van der Waals surface area (Å²) in [5.74, 6) is 0. The molecule has 0 fully saturated rings. The largest absolute Gasteiger partial charge is 0.405 e. The first-order chi connectivity index (χ1) is 11.3. The average Bonchev–Trinajstić information content (AvgIpc) is 2.96. The third kappa shape index (κ3) is 4.97. The van der Waals surface area contributed by atoms with Crippen LogP contribution in [0.3, 0.4) is 0 Å². The van der Waals surface area contributed by atoms with Crippen molar-refractivity contribution >= 4 is 33.1 Å². The number of thiophene rings is 1. The number of fused-ring (bicyclic) bond motifs is 1. The minimum absolute atomic E-state index is 0.950.